The fourth-order valence-electron chi connectivity index (χ4n) is 1.20. The van der Waals surface area contributed by atoms with Crippen LogP contribution in [-0.2, 0) is 4.79 Å². The van der Waals surface area contributed by atoms with Crippen LogP contribution in [0, 0.1) is 5.82 Å². The number of aromatic hydroxyl groups is 1. The van der Waals surface area contributed by atoms with Crippen LogP contribution in [0.15, 0.2) is 16.6 Å². The Bertz CT molecular complexity index is 352. The standard InChI is InChI=1S/C10H10BrFO2/c1-6(2-3-13)7-4-8(11)10(14)5-9(7)12/h3-6,14H,2H2,1H3. The predicted octanol–water partition coefficient (Wildman–Crippen LogP) is 2.99. The van der Waals surface area contributed by atoms with Crippen molar-refractivity contribution in [2.75, 3.05) is 0 Å². The summed E-state index contributed by atoms with van der Waals surface area (Å²) in [6, 6.07) is 2.54. The molecule has 0 fully saturated rings. The van der Waals surface area contributed by atoms with E-state index in [0.717, 1.165) is 12.4 Å². The first-order valence-electron chi connectivity index (χ1n) is 4.17. The number of carbonyl (C=O) groups excluding carboxylic acids is 1. The molecule has 2 nitrogen and oxygen atoms in total. The molecule has 1 unspecified atom stereocenters. The zero-order valence-electron chi connectivity index (χ0n) is 7.63. The van der Waals surface area contributed by atoms with Crippen LogP contribution in [-0.4, -0.2) is 11.4 Å². The molecule has 1 aromatic carbocycles. The van der Waals surface area contributed by atoms with Gasteiger partial charge in [-0.15, -0.1) is 0 Å². The number of phenols is 1. The molecule has 0 aliphatic heterocycles. The maximum Gasteiger partial charge on any atom is 0.132 e. The molecule has 1 rings (SSSR count). The maximum absolute atomic E-state index is 13.3. The van der Waals surface area contributed by atoms with Crippen molar-refractivity contribution in [3.8, 4) is 5.75 Å². The first-order valence-corrected chi connectivity index (χ1v) is 4.97. The molecule has 1 N–H and O–H groups in total. The maximum atomic E-state index is 13.3. The van der Waals surface area contributed by atoms with E-state index >= 15 is 0 Å². The summed E-state index contributed by atoms with van der Waals surface area (Å²) in [5.41, 5.74) is 0.432. The topological polar surface area (TPSA) is 37.3 Å². The minimum Gasteiger partial charge on any atom is -0.507 e. The van der Waals surface area contributed by atoms with Gasteiger partial charge in [-0.1, -0.05) is 6.92 Å². The van der Waals surface area contributed by atoms with Gasteiger partial charge in [0.2, 0.25) is 0 Å². The molecule has 1 aromatic rings. The van der Waals surface area contributed by atoms with Crippen molar-refractivity contribution in [1.82, 2.24) is 0 Å². The molecular weight excluding hydrogens is 251 g/mol. The number of hydrogen-bond acceptors (Lipinski definition) is 2. The average Bonchev–Trinajstić information content (AvgIpc) is 2.11. The van der Waals surface area contributed by atoms with Gasteiger partial charge in [-0.25, -0.2) is 4.39 Å². The number of halogens is 2. The van der Waals surface area contributed by atoms with E-state index in [1.807, 2.05) is 0 Å². The Hall–Kier alpha value is -0.900. The molecule has 0 bridgehead atoms. The highest BCUT2D eigenvalue weighted by Gasteiger charge is 2.13. The van der Waals surface area contributed by atoms with Crippen LogP contribution >= 0.6 is 15.9 Å². The largest absolute Gasteiger partial charge is 0.507 e. The quantitative estimate of drug-likeness (QED) is 0.849. The summed E-state index contributed by atoms with van der Waals surface area (Å²) in [6.45, 7) is 1.76. The monoisotopic (exact) mass is 260 g/mol. The summed E-state index contributed by atoms with van der Waals surface area (Å²) in [7, 11) is 0. The summed E-state index contributed by atoms with van der Waals surface area (Å²) in [6.07, 6.45) is 1.03. The van der Waals surface area contributed by atoms with E-state index in [-0.39, 0.29) is 18.1 Å². The van der Waals surface area contributed by atoms with Gasteiger partial charge in [0.15, 0.2) is 0 Å². The van der Waals surface area contributed by atoms with Gasteiger partial charge < -0.3 is 9.90 Å². The fraction of sp³-hybridized carbons (Fsp3) is 0.300. The van der Waals surface area contributed by atoms with Crippen molar-refractivity contribution in [2.45, 2.75) is 19.3 Å². The Kier molecular flexibility index (Phi) is 3.63. The van der Waals surface area contributed by atoms with E-state index in [4.69, 9.17) is 0 Å². The highest BCUT2D eigenvalue weighted by molar-refractivity contribution is 9.10. The molecular formula is C10H10BrFO2. The van der Waals surface area contributed by atoms with Crippen LogP contribution in [0.25, 0.3) is 0 Å². The number of phenolic OH excluding ortho intramolecular Hbond substituents is 1. The van der Waals surface area contributed by atoms with E-state index < -0.39 is 5.82 Å². The van der Waals surface area contributed by atoms with Crippen molar-refractivity contribution < 1.29 is 14.3 Å². The smallest absolute Gasteiger partial charge is 0.132 e. The normalized spacial score (nSPS) is 12.5. The number of carbonyl (C=O) groups is 1. The first-order chi connectivity index (χ1) is 6.56. The predicted molar refractivity (Wildman–Crippen MR) is 54.9 cm³/mol. The average molecular weight is 261 g/mol. The van der Waals surface area contributed by atoms with Crippen molar-refractivity contribution in [2.24, 2.45) is 0 Å². The fourth-order valence-corrected chi connectivity index (χ4v) is 1.56. The molecule has 0 radical (unpaired) electrons. The minimum atomic E-state index is -0.486. The van der Waals surface area contributed by atoms with Gasteiger partial charge in [-0.3, -0.25) is 0 Å². The summed E-state index contributed by atoms with van der Waals surface area (Å²) in [5.74, 6) is -0.797. The third-order valence-electron chi connectivity index (χ3n) is 2.05. The Balaban J connectivity index is 3.08. The lowest BCUT2D eigenvalue weighted by molar-refractivity contribution is -0.108. The number of aldehydes is 1. The lowest BCUT2D eigenvalue weighted by Crippen LogP contribution is -1.98. The van der Waals surface area contributed by atoms with Gasteiger partial charge in [0, 0.05) is 12.5 Å². The molecule has 4 heteroatoms. The van der Waals surface area contributed by atoms with E-state index in [9.17, 15) is 14.3 Å². The van der Waals surface area contributed by atoms with E-state index in [2.05, 4.69) is 15.9 Å². The van der Waals surface area contributed by atoms with E-state index in [1.165, 1.54) is 6.07 Å². The number of hydrogen-bond donors (Lipinski definition) is 1. The van der Waals surface area contributed by atoms with Crippen LogP contribution in [0.3, 0.4) is 0 Å². The van der Waals surface area contributed by atoms with E-state index in [1.54, 1.807) is 6.92 Å². The van der Waals surface area contributed by atoms with Gasteiger partial charge >= 0.3 is 0 Å². The number of benzene rings is 1. The minimum absolute atomic E-state index is 0.135. The lowest BCUT2D eigenvalue weighted by Gasteiger charge is -2.10. The zero-order chi connectivity index (χ0) is 10.7. The van der Waals surface area contributed by atoms with Gasteiger partial charge in [0.05, 0.1) is 4.47 Å². The Morgan fingerprint density at radius 3 is 2.86 bits per heavy atom. The molecule has 0 aliphatic carbocycles. The molecule has 76 valence electrons. The number of rotatable bonds is 3. The Morgan fingerprint density at radius 1 is 1.64 bits per heavy atom. The highest BCUT2D eigenvalue weighted by Crippen LogP contribution is 2.31. The van der Waals surface area contributed by atoms with Crippen molar-refractivity contribution in [1.29, 1.82) is 0 Å². The second-order valence-electron chi connectivity index (χ2n) is 3.13. The second-order valence-corrected chi connectivity index (χ2v) is 3.98. The summed E-state index contributed by atoms with van der Waals surface area (Å²) < 4.78 is 13.7. The molecule has 0 saturated carbocycles. The second kappa shape index (κ2) is 4.55. The van der Waals surface area contributed by atoms with E-state index in [0.29, 0.717) is 10.0 Å². The molecule has 0 heterocycles. The van der Waals surface area contributed by atoms with Gasteiger partial charge in [0.25, 0.3) is 0 Å². The van der Waals surface area contributed by atoms with Crippen molar-refractivity contribution >= 4 is 22.2 Å². The third-order valence-corrected chi connectivity index (χ3v) is 2.68. The molecule has 0 aromatic heterocycles. The van der Waals surface area contributed by atoms with Crippen LogP contribution in [0.5, 0.6) is 5.75 Å². The SMILES string of the molecule is CC(CC=O)c1cc(Br)c(O)cc1F. The van der Waals surface area contributed by atoms with Gasteiger partial charge in [0.1, 0.15) is 17.9 Å². The molecule has 0 amide bonds. The van der Waals surface area contributed by atoms with Crippen LogP contribution in [0.2, 0.25) is 0 Å². The van der Waals surface area contributed by atoms with Crippen molar-refractivity contribution in [3.63, 3.8) is 0 Å². The molecule has 0 saturated heterocycles. The third kappa shape index (κ3) is 2.32. The molecule has 0 spiro atoms. The Labute approximate surface area is 89.9 Å². The van der Waals surface area contributed by atoms with Gasteiger partial charge in [-0.2, -0.15) is 0 Å². The highest BCUT2D eigenvalue weighted by atomic mass is 79.9. The van der Waals surface area contributed by atoms with Crippen molar-refractivity contribution in [3.05, 3.63) is 28.0 Å². The van der Waals surface area contributed by atoms with Crippen LogP contribution in [0.4, 0.5) is 4.39 Å². The molecule has 0 aliphatic rings. The summed E-state index contributed by atoms with van der Waals surface area (Å²) in [4.78, 5) is 10.3. The Morgan fingerprint density at radius 2 is 2.29 bits per heavy atom. The molecule has 1 atom stereocenters. The van der Waals surface area contributed by atoms with Crippen LogP contribution in [0.1, 0.15) is 24.8 Å². The van der Waals surface area contributed by atoms with Crippen LogP contribution < -0.4 is 0 Å². The molecule has 14 heavy (non-hydrogen) atoms. The first kappa shape index (κ1) is 11.2. The summed E-state index contributed by atoms with van der Waals surface area (Å²) >= 11 is 3.09. The lowest BCUT2D eigenvalue weighted by atomic mass is 9.98. The summed E-state index contributed by atoms with van der Waals surface area (Å²) in [5, 5.41) is 9.18. The zero-order valence-corrected chi connectivity index (χ0v) is 9.21. The van der Waals surface area contributed by atoms with Gasteiger partial charge in [-0.05, 0) is 33.5 Å².